The summed E-state index contributed by atoms with van der Waals surface area (Å²) in [4.78, 5) is 20.5. The lowest BCUT2D eigenvalue weighted by atomic mass is 9.97. The first-order chi connectivity index (χ1) is 5.75. The molecule has 0 fully saturated rings. The Morgan fingerprint density at radius 2 is 2.00 bits per heavy atom. The van der Waals surface area contributed by atoms with Gasteiger partial charge in [-0.25, -0.2) is 0 Å². The van der Waals surface area contributed by atoms with Crippen molar-refractivity contribution in [2.75, 3.05) is 6.61 Å². The first kappa shape index (κ1) is 11.6. The zero-order chi connectivity index (χ0) is 10.6. The third kappa shape index (κ3) is 4.25. The molecule has 0 radical (unpaired) electrons. The molecular weight excluding hydrogens is 174 g/mol. The van der Waals surface area contributed by atoms with E-state index >= 15 is 0 Å². The standard InChI is InChI=1S/C8H13NO4/c1-6(9(11)12)5-13-7(10)8(2,3)4/h1,5H2,2-4H3. The lowest BCUT2D eigenvalue weighted by molar-refractivity contribution is -0.429. The smallest absolute Gasteiger partial charge is 0.311 e. The number of esters is 1. The van der Waals surface area contributed by atoms with Crippen molar-refractivity contribution in [1.82, 2.24) is 0 Å². The monoisotopic (exact) mass is 187 g/mol. The summed E-state index contributed by atoms with van der Waals surface area (Å²) >= 11 is 0. The molecule has 0 rings (SSSR count). The molecule has 5 heteroatoms. The van der Waals surface area contributed by atoms with Gasteiger partial charge in [-0.2, -0.15) is 0 Å². The second-order valence-electron chi connectivity index (χ2n) is 3.65. The highest BCUT2D eigenvalue weighted by molar-refractivity contribution is 5.75. The van der Waals surface area contributed by atoms with Crippen LogP contribution in [0, 0.1) is 15.5 Å². The zero-order valence-electron chi connectivity index (χ0n) is 7.99. The van der Waals surface area contributed by atoms with Crippen LogP contribution in [-0.2, 0) is 9.53 Å². The van der Waals surface area contributed by atoms with E-state index in [1.54, 1.807) is 20.8 Å². The van der Waals surface area contributed by atoms with Gasteiger partial charge in [0.2, 0.25) is 0 Å². The topological polar surface area (TPSA) is 69.4 Å². The van der Waals surface area contributed by atoms with Crippen LogP contribution in [0.2, 0.25) is 0 Å². The third-order valence-electron chi connectivity index (χ3n) is 1.24. The molecule has 0 aliphatic rings. The number of ether oxygens (including phenoxy) is 1. The van der Waals surface area contributed by atoms with E-state index in [1.807, 2.05) is 0 Å². The summed E-state index contributed by atoms with van der Waals surface area (Å²) in [6.45, 7) is 7.79. The van der Waals surface area contributed by atoms with Crippen molar-refractivity contribution in [3.63, 3.8) is 0 Å². The van der Waals surface area contributed by atoms with Gasteiger partial charge in [-0.15, -0.1) is 0 Å². The Kier molecular flexibility index (Phi) is 3.59. The highest BCUT2D eigenvalue weighted by atomic mass is 16.6. The minimum Gasteiger partial charge on any atom is -0.454 e. The molecule has 0 aromatic carbocycles. The van der Waals surface area contributed by atoms with E-state index in [2.05, 4.69) is 11.3 Å². The van der Waals surface area contributed by atoms with Gasteiger partial charge in [0.1, 0.15) is 0 Å². The fraction of sp³-hybridized carbons (Fsp3) is 0.625. The van der Waals surface area contributed by atoms with Crippen LogP contribution in [-0.4, -0.2) is 17.5 Å². The molecule has 0 heterocycles. The SMILES string of the molecule is C=C(COC(=O)C(C)(C)C)[N+](=O)[O-]. The summed E-state index contributed by atoms with van der Waals surface area (Å²) in [5, 5.41) is 10.1. The van der Waals surface area contributed by atoms with Crippen LogP contribution < -0.4 is 0 Å². The maximum Gasteiger partial charge on any atom is 0.311 e. The van der Waals surface area contributed by atoms with Crippen LogP contribution in [0.1, 0.15) is 20.8 Å². The van der Waals surface area contributed by atoms with Gasteiger partial charge in [0.15, 0.2) is 6.61 Å². The lowest BCUT2D eigenvalue weighted by Crippen LogP contribution is -2.24. The summed E-state index contributed by atoms with van der Waals surface area (Å²) in [5.41, 5.74) is -0.964. The normalized spacial score (nSPS) is 10.7. The Morgan fingerprint density at radius 3 is 2.31 bits per heavy atom. The van der Waals surface area contributed by atoms with Crippen molar-refractivity contribution in [2.45, 2.75) is 20.8 Å². The summed E-state index contributed by atoms with van der Waals surface area (Å²) in [7, 11) is 0. The van der Waals surface area contributed by atoms with Crippen LogP contribution in [0.15, 0.2) is 12.3 Å². The van der Waals surface area contributed by atoms with Crippen molar-refractivity contribution in [1.29, 1.82) is 0 Å². The summed E-state index contributed by atoms with van der Waals surface area (Å²) < 4.78 is 4.65. The molecule has 0 aliphatic carbocycles. The van der Waals surface area contributed by atoms with E-state index in [1.165, 1.54) is 0 Å². The van der Waals surface area contributed by atoms with Gasteiger partial charge in [0.05, 0.1) is 10.3 Å². The van der Waals surface area contributed by atoms with Gasteiger partial charge >= 0.3 is 5.97 Å². The van der Waals surface area contributed by atoms with Crippen LogP contribution >= 0.6 is 0 Å². The summed E-state index contributed by atoms with van der Waals surface area (Å²) in [6, 6.07) is 0. The maximum atomic E-state index is 11.1. The first-order valence-electron chi connectivity index (χ1n) is 3.74. The summed E-state index contributed by atoms with van der Waals surface area (Å²) in [5.74, 6) is -0.476. The number of rotatable bonds is 3. The van der Waals surface area contributed by atoms with Crippen molar-refractivity contribution >= 4 is 5.97 Å². The molecule has 5 nitrogen and oxygen atoms in total. The maximum absolute atomic E-state index is 11.1. The van der Waals surface area contributed by atoms with E-state index in [4.69, 9.17) is 0 Å². The predicted molar refractivity (Wildman–Crippen MR) is 46.5 cm³/mol. The molecular formula is C8H13NO4. The number of hydrogen-bond acceptors (Lipinski definition) is 4. The Labute approximate surface area is 76.5 Å². The van der Waals surface area contributed by atoms with E-state index in [-0.39, 0.29) is 12.3 Å². The number of hydrogen-bond donors (Lipinski definition) is 0. The second-order valence-corrected chi connectivity index (χ2v) is 3.65. The van der Waals surface area contributed by atoms with Crippen molar-refractivity contribution in [2.24, 2.45) is 5.41 Å². The minimum atomic E-state index is -0.671. The van der Waals surface area contributed by atoms with E-state index < -0.39 is 16.3 Å². The van der Waals surface area contributed by atoms with Gasteiger partial charge < -0.3 is 4.74 Å². The average Bonchev–Trinajstić information content (AvgIpc) is 1.97. The van der Waals surface area contributed by atoms with Crippen molar-refractivity contribution in [3.05, 3.63) is 22.4 Å². The fourth-order valence-electron chi connectivity index (χ4n) is 0.418. The largest absolute Gasteiger partial charge is 0.454 e. The number of nitrogens with zero attached hydrogens (tertiary/aromatic N) is 1. The number of carbonyl (C=O) groups excluding carboxylic acids is 1. The predicted octanol–water partition coefficient (Wildman–Crippen LogP) is 1.37. The van der Waals surface area contributed by atoms with Crippen LogP contribution in [0.4, 0.5) is 0 Å². The molecule has 0 N–H and O–H groups in total. The highest BCUT2D eigenvalue weighted by Crippen LogP contribution is 2.15. The van der Waals surface area contributed by atoms with E-state index in [0.717, 1.165) is 0 Å². The quantitative estimate of drug-likeness (QED) is 0.380. The van der Waals surface area contributed by atoms with Crippen LogP contribution in [0.25, 0.3) is 0 Å². The molecule has 0 saturated carbocycles. The lowest BCUT2D eigenvalue weighted by Gasteiger charge is -2.15. The Morgan fingerprint density at radius 1 is 1.54 bits per heavy atom. The average molecular weight is 187 g/mol. The number of nitro groups is 1. The minimum absolute atomic E-state index is 0.322. The molecule has 0 spiro atoms. The van der Waals surface area contributed by atoms with Gasteiger partial charge in [0.25, 0.3) is 5.70 Å². The van der Waals surface area contributed by atoms with Gasteiger partial charge in [-0.3, -0.25) is 14.9 Å². The van der Waals surface area contributed by atoms with Crippen LogP contribution in [0.5, 0.6) is 0 Å². The third-order valence-corrected chi connectivity index (χ3v) is 1.24. The Bertz CT molecular complexity index is 239. The van der Waals surface area contributed by atoms with Gasteiger partial charge in [-0.05, 0) is 27.4 Å². The Balaban J connectivity index is 3.99. The van der Waals surface area contributed by atoms with Crippen molar-refractivity contribution in [3.8, 4) is 0 Å². The molecule has 0 atom stereocenters. The molecule has 0 amide bonds. The molecule has 0 bridgehead atoms. The summed E-state index contributed by atoms with van der Waals surface area (Å²) in [6.07, 6.45) is 0. The van der Waals surface area contributed by atoms with E-state index in [0.29, 0.717) is 0 Å². The highest BCUT2D eigenvalue weighted by Gasteiger charge is 2.24. The molecule has 0 aliphatic heterocycles. The van der Waals surface area contributed by atoms with Crippen molar-refractivity contribution < 1.29 is 14.5 Å². The Hall–Kier alpha value is -1.39. The number of carbonyl (C=O) groups is 1. The van der Waals surface area contributed by atoms with Crippen LogP contribution in [0.3, 0.4) is 0 Å². The molecule has 0 saturated heterocycles. The molecule has 0 unspecified atom stereocenters. The molecule has 13 heavy (non-hydrogen) atoms. The first-order valence-corrected chi connectivity index (χ1v) is 3.74. The zero-order valence-corrected chi connectivity index (χ0v) is 7.99. The van der Waals surface area contributed by atoms with Gasteiger partial charge in [0, 0.05) is 0 Å². The second kappa shape index (κ2) is 4.02. The molecule has 74 valence electrons. The molecule has 0 aromatic heterocycles. The van der Waals surface area contributed by atoms with E-state index in [9.17, 15) is 14.9 Å². The fourth-order valence-corrected chi connectivity index (χ4v) is 0.418. The molecule has 0 aromatic rings. The van der Waals surface area contributed by atoms with Gasteiger partial charge in [-0.1, -0.05) is 0 Å².